The van der Waals surface area contributed by atoms with Crippen LogP contribution < -0.4 is 26.3 Å². The van der Waals surface area contributed by atoms with Gasteiger partial charge in [0.15, 0.2) is 5.43 Å². The SMILES string of the molecule is Cc1cc(=O)c2c(OCCCN3CCN(c4cc(=O)n(C)c(=O)n4C)CC3)cccc2o1.Cl. The normalized spacial score (nSPS) is 14.3. The molecule has 9 nitrogen and oxygen atoms in total. The van der Waals surface area contributed by atoms with Crippen LogP contribution in [0.5, 0.6) is 5.75 Å². The molecule has 33 heavy (non-hydrogen) atoms. The Morgan fingerprint density at radius 2 is 1.73 bits per heavy atom. The first kappa shape index (κ1) is 24.6. The summed E-state index contributed by atoms with van der Waals surface area (Å²) in [6, 6.07) is 8.39. The molecular weight excluding hydrogens is 448 g/mol. The lowest BCUT2D eigenvalue weighted by Crippen LogP contribution is -2.49. The number of rotatable bonds is 6. The van der Waals surface area contributed by atoms with Crippen LogP contribution in [-0.4, -0.2) is 53.4 Å². The molecule has 1 saturated heterocycles. The third kappa shape index (κ3) is 5.15. The number of fused-ring (bicyclic) bond motifs is 1. The minimum absolute atomic E-state index is 0. The first-order chi connectivity index (χ1) is 15.3. The van der Waals surface area contributed by atoms with Crippen molar-refractivity contribution in [3.05, 3.63) is 67.2 Å². The van der Waals surface area contributed by atoms with E-state index in [-0.39, 0.29) is 29.1 Å². The molecule has 0 N–H and O–H groups in total. The van der Waals surface area contributed by atoms with Crippen molar-refractivity contribution in [2.24, 2.45) is 14.1 Å². The molecule has 10 heteroatoms. The molecule has 0 unspecified atom stereocenters. The zero-order valence-corrected chi connectivity index (χ0v) is 19.9. The zero-order valence-electron chi connectivity index (χ0n) is 19.1. The van der Waals surface area contributed by atoms with Crippen molar-refractivity contribution >= 4 is 29.2 Å². The molecule has 0 atom stereocenters. The van der Waals surface area contributed by atoms with Gasteiger partial charge in [-0.15, -0.1) is 12.4 Å². The van der Waals surface area contributed by atoms with E-state index in [1.54, 1.807) is 26.1 Å². The van der Waals surface area contributed by atoms with E-state index in [1.807, 2.05) is 6.07 Å². The molecule has 2 aromatic heterocycles. The predicted octanol–water partition coefficient (Wildman–Crippen LogP) is 1.51. The smallest absolute Gasteiger partial charge is 0.332 e. The molecule has 0 radical (unpaired) electrons. The second-order valence-corrected chi connectivity index (χ2v) is 8.12. The molecular formula is C23H29ClN4O5. The molecule has 4 rings (SSSR count). The summed E-state index contributed by atoms with van der Waals surface area (Å²) < 4.78 is 14.2. The number of aryl methyl sites for hydroxylation is 1. The van der Waals surface area contributed by atoms with E-state index in [9.17, 15) is 14.4 Å². The highest BCUT2D eigenvalue weighted by molar-refractivity contribution is 5.85. The zero-order chi connectivity index (χ0) is 22.8. The summed E-state index contributed by atoms with van der Waals surface area (Å²) in [6.45, 7) is 6.26. The van der Waals surface area contributed by atoms with E-state index < -0.39 is 0 Å². The second-order valence-electron chi connectivity index (χ2n) is 8.12. The van der Waals surface area contributed by atoms with Crippen LogP contribution >= 0.6 is 12.4 Å². The lowest BCUT2D eigenvalue weighted by atomic mass is 10.2. The van der Waals surface area contributed by atoms with Gasteiger partial charge in [0, 0.05) is 59.0 Å². The molecule has 3 aromatic rings. The molecule has 3 heterocycles. The fourth-order valence-corrected chi connectivity index (χ4v) is 4.11. The van der Waals surface area contributed by atoms with Crippen LogP contribution in [-0.2, 0) is 14.1 Å². The summed E-state index contributed by atoms with van der Waals surface area (Å²) in [5, 5.41) is 0.478. The van der Waals surface area contributed by atoms with Crippen molar-refractivity contribution in [2.45, 2.75) is 13.3 Å². The number of ether oxygens (including phenoxy) is 1. The largest absolute Gasteiger partial charge is 0.493 e. The minimum Gasteiger partial charge on any atom is -0.493 e. The number of nitrogens with zero attached hydrogens (tertiary/aromatic N) is 4. The van der Waals surface area contributed by atoms with Crippen molar-refractivity contribution in [1.82, 2.24) is 14.0 Å². The Balaban J connectivity index is 0.00000306. The molecule has 0 bridgehead atoms. The number of hydrogen-bond donors (Lipinski definition) is 0. The van der Waals surface area contributed by atoms with E-state index in [1.165, 1.54) is 23.7 Å². The number of halogens is 1. The molecule has 0 spiro atoms. The fraction of sp³-hybridized carbons (Fsp3) is 0.435. The maximum Gasteiger partial charge on any atom is 0.332 e. The van der Waals surface area contributed by atoms with Gasteiger partial charge >= 0.3 is 5.69 Å². The third-order valence-corrected chi connectivity index (χ3v) is 5.91. The number of piperazine rings is 1. The molecule has 1 aliphatic heterocycles. The highest BCUT2D eigenvalue weighted by atomic mass is 35.5. The Morgan fingerprint density at radius 1 is 1.00 bits per heavy atom. The predicted molar refractivity (Wildman–Crippen MR) is 130 cm³/mol. The topological polar surface area (TPSA) is 89.9 Å². The van der Waals surface area contributed by atoms with Gasteiger partial charge in [0.25, 0.3) is 5.56 Å². The number of anilines is 1. The summed E-state index contributed by atoms with van der Waals surface area (Å²) in [7, 11) is 3.18. The van der Waals surface area contributed by atoms with Gasteiger partial charge in [-0.1, -0.05) is 6.07 Å². The molecule has 1 aromatic carbocycles. The van der Waals surface area contributed by atoms with Gasteiger partial charge in [0.1, 0.15) is 28.3 Å². The molecule has 0 amide bonds. The highest BCUT2D eigenvalue weighted by Gasteiger charge is 2.20. The van der Waals surface area contributed by atoms with E-state index in [0.29, 0.717) is 34.9 Å². The van der Waals surface area contributed by atoms with Gasteiger partial charge in [0.2, 0.25) is 0 Å². The summed E-state index contributed by atoms with van der Waals surface area (Å²) in [4.78, 5) is 40.9. The lowest BCUT2D eigenvalue weighted by molar-refractivity contribution is 0.224. The van der Waals surface area contributed by atoms with E-state index >= 15 is 0 Å². The van der Waals surface area contributed by atoms with Crippen molar-refractivity contribution in [2.75, 3.05) is 44.2 Å². The van der Waals surface area contributed by atoms with Crippen molar-refractivity contribution < 1.29 is 9.15 Å². The Hall–Kier alpha value is -3.04. The monoisotopic (exact) mass is 476 g/mol. The van der Waals surface area contributed by atoms with Crippen LogP contribution in [0.3, 0.4) is 0 Å². The first-order valence-electron chi connectivity index (χ1n) is 10.8. The molecule has 1 aliphatic rings. The van der Waals surface area contributed by atoms with Crippen LogP contribution in [0.25, 0.3) is 11.0 Å². The quantitative estimate of drug-likeness (QED) is 0.498. The average molecular weight is 477 g/mol. The van der Waals surface area contributed by atoms with E-state index in [0.717, 1.165) is 43.7 Å². The molecule has 0 saturated carbocycles. The standard InChI is InChI=1S/C23H28N4O5.ClH/c1-16-14-17(28)22-18(6-4-7-19(22)32-16)31-13-5-8-26-9-11-27(12-10-26)20-15-21(29)25(3)23(30)24(20)2;/h4,6-7,14-15H,5,8-13H2,1-3H3;1H. The Kier molecular flexibility index (Phi) is 7.65. The Morgan fingerprint density at radius 3 is 2.45 bits per heavy atom. The first-order valence-corrected chi connectivity index (χ1v) is 10.8. The number of aromatic nitrogens is 2. The van der Waals surface area contributed by atoms with E-state index in [2.05, 4.69) is 9.80 Å². The molecule has 1 fully saturated rings. The van der Waals surface area contributed by atoms with Crippen LogP contribution in [0.15, 0.2) is 49.1 Å². The highest BCUT2D eigenvalue weighted by Crippen LogP contribution is 2.23. The Bertz CT molecular complexity index is 1300. The minimum atomic E-state index is -0.315. The third-order valence-electron chi connectivity index (χ3n) is 5.91. The van der Waals surface area contributed by atoms with Crippen LogP contribution in [0.2, 0.25) is 0 Å². The fourth-order valence-electron chi connectivity index (χ4n) is 4.11. The summed E-state index contributed by atoms with van der Waals surface area (Å²) in [6.07, 6.45) is 0.817. The van der Waals surface area contributed by atoms with Gasteiger partial charge in [-0.05, 0) is 25.5 Å². The second kappa shape index (κ2) is 10.3. The summed E-state index contributed by atoms with van der Waals surface area (Å²) in [5.74, 6) is 1.79. The van der Waals surface area contributed by atoms with Crippen LogP contribution in [0.1, 0.15) is 12.2 Å². The van der Waals surface area contributed by atoms with Crippen LogP contribution in [0.4, 0.5) is 5.82 Å². The molecule has 0 aliphatic carbocycles. The Labute approximate surface area is 197 Å². The average Bonchev–Trinajstić information content (AvgIpc) is 2.78. The number of benzene rings is 1. The van der Waals surface area contributed by atoms with Gasteiger partial charge in [-0.2, -0.15) is 0 Å². The van der Waals surface area contributed by atoms with Gasteiger partial charge < -0.3 is 14.1 Å². The van der Waals surface area contributed by atoms with Crippen LogP contribution in [0, 0.1) is 6.92 Å². The van der Waals surface area contributed by atoms with Crippen molar-refractivity contribution in [3.8, 4) is 5.75 Å². The lowest BCUT2D eigenvalue weighted by Gasteiger charge is -2.36. The summed E-state index contributed by atoms with van der Waals surface area (Å²) >= 11 is 0. The van der Waals surface area contributed by atoms with Crippen molar-refractivity contribution in [1.29, 1.82) is 0 Å². The van der Waals surface area contributed by atoms with Gasteiger partial charge in [-0.25, -0.2) is 4.79 Å². The summed E-state index contributed by atoms with van der Waals surface area (Å²) in [5.41, 5.74) is -0.167. The van der Waals surface area contributed by atoms with Gasteiger partial charge in [-0.3, -0.25) is 23.6 Å². The maximum atomic E-state index is 12.3. The van der Waals surface area contributed by atoms with Crippen molar-refractivity contribution in [3.63, 3.8) is 0 Å². The number of hydrogen-bond acceptors (Lipinski definition) is 7. The van der Waals surface area contributed by atoms with Gasteiger partial charge in [0.05, 0.1) is 6.61 Å². The maximum absolute atomic E-state index is 12.3. The van der Waals surface area contributed by atoms with E-state index in [4.69, 9.17) is 9.15 Å². The molecule has 178 valence electrons.